The van der Waals surface area contributed by atoms with Crippen LogP contribution in [0, 0.1) is 10.1 Å². The molecule has 1 aromatic carbocycles. The Kier molecular flexibility index (Phi) is 5.89. The largest absolute Gasteiger partial charge is 0.394 e. The summed E-state index contributed by atoms with van der Waals surface area (Å²) in [7, 11) is 0. The summed E-state index contributed by atoms with van der Waals surface area (Å²) in [5.41, 5.74) is 6.34. The molecule has 0 atom stereocenters. The molecular weight excluding hydrogens is 238 g/mol. The lowest BCUT2D eigenvalue weighted by molar-refractivity contribution is -0.383. The Balaban J connectivity index is 2.35. The zero-order valence-electron chi connectivity index (χ0n) is 9.96. The number of aliphatic hydroxyl groups is 1. The van der Waals surface area contributed by atoms with Crippen LogP contribution < -0.4 is 11.1 Å². The number of hydrogen-bond acceptors (Lipinski definition) is 6. The number of nitro groups is 1. The zero-order valence-corrected chi connectivity index (χ0v) is 9.96. The van der Waals surface area contributed by atoms with Crippen LogP contribution in [0.15, 0.2) is 18.2 Å². The second-order valence-electron chi connectivity index (χ2n) is 3.65. The molecule has 1 rings (SSSR count). The van der Waals surface area contributed by atoms with Gasteiger partial charge in [0.05, 0.1) is 18.1 Å². The van der Waals surface area contributed by atoms with Gasteiger partial charge in [0.15, 0.2) is 0 Å². The van der Waals surface area contributed by atoms with Crippen LogP contribution in [0.4, 0.5) is 17.1 Å². The molecule has 0 aromatic heterocycles. The maximum Gasteiger partial charge on any atom is 0.292 e. The molecule has 7 heteroatoms. The summed E-state index contributed by atoms with van der Waals surface area (Å²) in [6.45, 7) is 1.58. The Morgan fingerprint density at radius 2 is 2.22 bits per heavy atom. The molecule has 0 heterocycles. The molecule has 0 aliphatic heterocycles. The predicted octanol–water partition coefficient (Wildman–Crippen LogP) is 0.988. The van der Waals surface area contributed by atoms with Gasteiger partial charge in [-0.25, -0.2) is 0 Å². The van der Waals surface area contributed by atoms with E-state index in [1.165, 1.54) is 12.1 Å². The summed E-state index contributed by atoms with van der Waals surface area (Å²) in [4.78, 5) is 10.0. The fraction of sp³-hybridized carbons (Fsp3) is 0.455. The van der Waals surface area contributed by atoms with Gasteiger partial charge in [-0.2, -0.15) is 0 Å². The Bertz CT molecular complexity index is 398. The fourth-order valence-corrected chi connectivity index (χ4v) is 1.40. The highest BCUT2D eigenvalue weighted by Gasteiger charge is 2.10. The number of nitrogen functional groups attached to an aromatic ring is 1. The third kappa shape index (κ3) is 4.56. The third-order valence-corrected chi connectivity index (χ3v) is 2.25. The average molecular weight is 255 g/mol. The van der Waals surface area contributed by atoms with Gasteiger partial charge in [0.25, 0.3) is 5.69 Å². The molecule has 18 heavy (non-hydrogen) atoms. The summed E-state index contributed by atoms with van der Waals surface area (Å²) in [6.07, 6.45) is 0.775. The monoisotopic (exact) mass is 255 g/mol. The van der Waals surface area contributed by atoms with Crippen molar-refractivity contribution in [1.82, 2.24) is 0 Å². The number of nitrogens with one attached hydrogen (secondary N) is 1. The van der Waals surface area contributed by atoms with E-state index in [-0.39, 0.29) is 18.0 Å². The Morgan fingerprint density at radius 3 is 2.83 bits per heavy atom. The van der Waals surface area contributed by atoms with Crippen molar-refractivity contribution >= 4 is 17.1 Å². The zero-order chi connectivity index (χ0) is 13.4. The molecule has 0 aliphatic carbocycles. The lowest BCUT2D eigenvalue weighted by atomic mass is 10.2. The second-order valence-corrected chi connectivity index (χ2v) is 3.65. The van der Waals surface area contributed by atoms with Crippen LogP contribution >= 0.6 is 0 Å². The van der Waals surface area contributed by atoms with Crippen LogP contribution in [0.25, 0.3) is 0 Å². The van der Waals surface area contributed by atoms with E-state index in [9.17, 15) is 10.1 Å². The summed E-state index contributed by atoms with van der Waals surface area (Å²) < 4.78 is 5.09. The SMILES string of the molecule is Nc1cc(NCCCOCCO)ccc1[N+](=O)[O-]. The van der Waals surface area contributed by atoms with Gasteiger partial charge < -0.3 is 20.9 Å². The number of hydrogen-bond donors (Lipinski definition) is 3. The first kappa shape index (κ1) is 14.2. The Morgan fingerprint density at radius 1 is 1.44 bits per heavy atom. The van der Waals surface area contributed by atoms with Crippen LogP contribution in [0.5, 0.6) is 0 Å². The van der Waals surface area contributed by atoms with Gasteiger partial charge in [-0.05, 0) is 18.6 Å². The molecule has 1 aromatic rings. The number of aliphatic hydroxyl groups excluding tert-OH is 1. The van der Waals surface area contributed by atoms with Crippen molar-refractivity contribution in [1.29, 1.82) is 0 Å². The first-order valence-electron chi connectivity index (χ1n) is 5.61. The number of anilines is 2. The summed E-state index contributed by atoms with van der Waals surface area (Å²) in [6, 6.07) is 4.52. The number of benzene rings is 1. The summed E-state index contributed by atoms with van der Waals surface area (Å²) >= 11 is 0. The van der Waals surface area contributed by atoms with Crippen molar-refractivity contribution in [2.24, 2.45) is 0 Å². The molecular formula is C11H17N3O4. The van der Waals surface area contributed by atoms with E-state index < -0.39 is 4.92 Å². The summed E-state index contributed by atoms with van der Waals surface area (Å²) in [5, 5.41) is 22.1. The molecule has 0 radical (unpaired) electrons. The molecule has 0 bridgehead atoms. The van der Waals surface area contributed by atoms with E-state index >= 15 is 0 Å². The average Bonchev–Trinajstić information content (AvgIpc) is 2.33. The van der Waals surface area contributed by atoms with Crippen molar-refractivity contribution in [3.05, 3.63) is 28.3 Å². The van der Waals surface area contributed by atoms with Crippen LogP contribution in [-0.2, 0) is 4.74 Å². The standard InChI is InChI=1S/C11H17N3O4/c12-10-8-9(2-3-11(10)14(16)17)13-4-1-6-18-7-5-15/h2-3,8,13,15H,1,4-7,12H2. The molecule has 4 N–H and O–H groups in total. The van der Waals surface area contributed by atoms with Crippen molar-refractivity contribution in [2.75, 3.05) is 37.4 Å². The number of nitrogens with zero attached hydrogens (tertiary/aromatic N) is 1. The van der Waals surface area contributed by atoms with E-state index in [1.54, 1.807) is 6.07 Å². The first-order chi connectivity index (χ1) is 8.65. The number of nitro benzene ring substituents is 1. The number of rotatable bonds is 8. The van der Waals surface area contributed by atoms with Crippen molar-refractivity contribution in [3.63, 3.8) is 0 Å². The predicted molar refractivity (Wildman–Crippen MR) is 68.5 cm³/mol. The molecule has 0 unspecified atom stereocenters. The van der Waals surface area contributed by atoms with Gasteiger partial charge in [0.1, 0.15) is 5.69 Å². The minimum atomic E-state index is -0.512. The molecule has 100 valence electrons. The molecule has 0 saturated carbocycles. The van der Waals surface area contributed by atoms with Crippen LogP contribution in [0.3, 0.4) is 0 Å². The van der Waals surface area contributed by atoms with Gasteiger partial charge in [-0.15, -0.1) is 0 Å². The molecule has 7 nitrogen and oxygen atoms in total. The van der Waals surface area contributed by atoms with Crippen LogP contribution in [-0.4, -0.2) is 36.4 Å². The van der Waals surface area contributed by atoms with Gasteiger partial charge in [-0.1, -0.05) is 0 Å². The van der Waals surface area contributed by atoms with Gasteiger partial charge in [0.2, 0.25) is 0 Å². The van der Waals surface area contributed by atoms with E-state index in [2.05, 4.69) is 5.32 Å². The molecule has 0 spiro atoms. The van der Waals surface area contributed by atoms with E-state index in [0.717, 1.165) is 12.1 Å². The highest BCUT2D eigenvalue weighted by Crippen LogP contribution is 2.24. The molecule has 0 saturated heterocycles. The molecule has 0 aliphatic rings. The molecule has 0 amide bonds. The van der Waals surface area contributed by atoms with Gasteiger partial charge >= 0.3 is 0 Å². The highest BCUT2D eigenvalue weighted by molar-refractivity contribution is 5.65. The third-order valence-electron chi connectivity index (χ3n) is 2.25. The van der Waals surface area contributed by atoms with E-state index in [0.29, 0.717) is 19.8 Å². The van der Waals surface area contributed by atoms with Crippen LogP contribution in [0.2, 0.25) is 0 Å². The van der Waals surface area contributed by atoms with Gasteiger partial charge in [-0.3, -0.25) is 10.1 Å². The maximum absolute atomic E-state index is 10.6. The molecule has 0 fully saturated rings. The Hall–Kier alpha value is -1.86. The fourth-order valence-electron chi connectivity index (χ4n) is 1.40. The maximum atomic E-state index is 10.6. The lowest BCUT2D eigenvalue weighted by Gasteiger charge is -2.07. The minimum absolute atomic E-state index is 0.0202. The quantitative estimate of drug-likeness (QED) is 0.276. The second kappa shape index (κ2) is 7.46. The van der Waals surface area contributed by atoms with Crippen molar-refractivity contribution < 1.29 is 14.8 Å². The Labute approximate surface area is 105 Å². The van der Waals surface area contributed by atoms with Crippen molar-refractivity contribution in [2.45, 2.75) is 6.42 Å². The van der Waals surface area contributed by atoms with E-state index in [1.807, 2.05) is 0 Å². The number of nitrogens with two attached hydrogens (primary N) is 1. The smallest absolute Gasteiger partial charge is 0.292 e. The topological polar surface area (TPSA) is 111 Å². The van der Waals surface area contributed by atoms with Crippen molar-refractivity contribution in [3.8, 4) is 0 Å². The highest BCUT2D eigenvalue weighted by atomic mass is 16.6. The number of ether oxygens (including phenoxy) is 1. The first-order valence-corrected chi connectivity index (χ1v) is 5.61. The normalized spacial score (nSPS) is 10.3. The lowest BCUT2D eigenvalue weighted by Crippen LogP contribution is -2.08. The van der Waals surface area contributed by atoms with Crippen LogP contribution in [0.1, 0.15) is 6.42 Å². The van der Waals surface area contributed by atoms with Gasteiger partial charge in [0, 0.05) is 24.9 Å². The van der Waals surface area contributed by atoms with E-state index in [4.69, 9.17) is 15.6 Å². The minimum Gasteiger partial charge on any atom is -0.394 e. The summed E-state index contributed by atoms with van der Waals surface area (Å²) in [5.74, 6) is 0.